The molecule has 136 valence electrons. The third kappa shape index (κ3) is 3.03. The summed E-state index contributed by atoms with van der Waals surface area (Å²) in [6.07, 6.45) is 4.35. The normalized spacial score (nSPS) is 28.5. The number of halogens is 1. The number of carbonyl (C=O) groups excluding carboxylic acids is 1. The predicted octanol–water partition coefficient (Wildman–Crippen LogP) is 4.33. The Morgan fingerprint density at radius 3 is 2.50 bits per heavy atom. The van der Waals surface area contributed by atoms with E-state index in [0.29, 0.717) is 18.5 Å². The quantitative estimate of drug-likeness (QED) is 0.873. The number of rotatable bonds is 2. The van der Waals surface area contributed by atoms with Gasteiger partial charge in [-0.1, -0.05) is 43.2 Å². The minimum absolute atomic E-state index is 0.0110. The number of fused-ring (bicyclic) bond motifs is 1. The SMILES string of the molecule is O=C(c1ccccc1)N1CC[C@]2(O)CCCC[C@H]2[C@@H]1c1ccc(F)cc1. The number of likely N-dealkylation sites (tertiary alicyclic amines) is 1. The van der Waals surface area contributed by atoms with Crippen LogP contribution >= 0.6 is 0 Å². The molecule has 1 aliphatic heterocycles. The molecule has 0 unspecified atom stereocenters. The predicted molar refractivity (Wildman–Crippen MR) is 98.1 cm³/mol. The summed E-state index contributed by atoms with van der Waals surface area (Å²) in [7, 11) is 0. The van der Waals surface area contributed by atoms with Gasteiger partial charge >= 0.3 is 0 Å². The lowest BCUT2D eigenvalue weighted by atomic mass is 9.66. The smallest absolute Gasteiger partial charge is 0.254 e. The lowest BCUT2D eigenvalue weighted by Gasteiger charge is -2.52. The molecule has 0 spiro atoms. The van der Waals surface area contributed by atoms with E-state index in [2.05, 4.69) is 0 Å². The molecule has 1 saturated carbocycles. The van der Waals surface area contributed by atoms with E-state index in [1.165, 1.54) is 12.1 Å². The van der Waals surface area contributed by atoms with Gasteiger partial charge < -0.3 is 10.0 Å². The van der Waals surface area contributed by atoms with Crippen LogP contribution in [-0.4, -0.2) is 28.1 Å². The average Bonchev–Trinajstić information content (AvgIpc) is 2.67. The second-order valence-corrected chi connectivity index (χ2v) is 7.57. The maximum Gasteiger partial charge on any atom is 0.254 e. The van der Waals surface area contributed by atoms with E-state index in [1.807, 2.05) is 35.2 Å². The molecule has 26 heavy (non-hydrogen) atoms. The molecule has 1 amide bonds. The fourth-order valence-electron chi connectivity index (χ4n) is 4.73. The molecule has 2 aliphatic rings. The number of benzene rings is 2. The Labute approximate surface area is 153 Å². The van der Waals surface area contributed by atoms with Crippen LogP contribution in [0, 0.1) is 11.7 Å². The zero-order chi connectivity index (χ0) is 18.1. The number of piperidine rings is 1. The Hall–Kier alpha value is -2.20. The van der Waals surface area contributed by atoms with E-state index in [-0.39, 0.29) is 23.7 Å². The molecule has 2 aromatic rings. The maximum atomic E-state index is 13.5. The summed E-state index contributed by atoms with van der Waals surface area (Å²) < 4.78 is 13.5. The average molecular weight is 353 g/mol. The largest absolute Gasteiger partial charge is 0.389 e. The first-order chi connectivity index (χ1) is 12.6. The third-order valence-corrected chi connectivity index (χ3v) is 6.06. The molecule has 4 heteroatoms. The third-order valence-electron chi connectivity index (χ3n) is 6.06. The van der Waals surface area contributed by atoms with Gasteiger partial charge in [0.05, 0.1) is 11.6 Å². The molecule has 0 bridgehead atoms. The summed E-state index contributed by atoms with van der Waals surface area (Å²) >= 11 is 0. The van der Waals surface area contributed by atoms with Crippen molar-refractivity contribution in [2.45, 2.75) is 43.7 Å². The number of aliphatic hydroxyl groups is 1. The zero-order valence-corrected chi connectivity index (χ0v) is 14.8. The van der Waals surface area contributed by atoms with Crippen molar-refractivity contribution in [3.63, 3.8) is 0 Å². The molecule has 3 atom stereocenters. The maximum absolute atomic E-state index is 13.5. The minimum atomic E-state index is -0.731. The fraction of sp³-hybridized carbons (Fsp3) is 0.409. The lowest BCUT2D eigenvalue weighted by molar-refractivity contribution is -0.115. The molecule has 1 heterocycles. The van der Waals surface area contributed by atoms with Crippen LogP contribution in [0.4, 0.5) is 4.39 Å². The van der Waals surface area contributed by atoms with Crippen LogP contribution in [0.3, 0.4) is 0 Å². The molecule has 4 rings (SSSR count). The van der Waals surface area contributed by atoms with Crippen molar-refractivity contribution in [1.82, 2.24) is 4.90 Å². The first-order valence-electron chi connectivity index (χ1n) is 9.42. The lowest BCUT2D eigenvalue weighted by Crippen LogP contribution is -2.56. The molecule has 3 nitrogen and oxygen atoms in total. The van der Waals surface area contributed by atoms with E-state index in [4.69, 9.17) is 0 Å². The van der Waals surface area contributed by atoms with Gasteiger partial charge in [0.1, 0.15) is 5.82 Å². The first-order valence-corrected chi connectivity index (χ1v) is 9.42. The summed E-state index contributed by atoms with van der Waals surface area (Å²) in [5.41, 5.74) is 0.826. The van der Waals surface area contributed by atoms with Crippen LogP contribution in [0.1, 0.15) is 54.1 Å². The first kappa shape index (κ1) is 17.2. The van der Waals surface area contributed by atoms with Crippen LogP contribution < -0.4 is 0 Å². The topological polar surface area (TPSA) is 40.5 Å². The summed E-state index contributed by atoms with van der Waals surface area (Å²) in [6.45, 7) is 0.517. The second kappa shape index (κ2) is 6.84. The van der Waals surface area contributed by atoms with Crippen LogP contribution in [-0.2, 0) is 0 Å². The summed E-state index contributed by atoms with van der Waals surface area (Å²) in [5, 5.41) is 11.2. The Kier molecular flexibility index (Phi) is 4.53. The highest BCUT2D eigenvalue weighted by Gasteiger charge is 2.50. The Bertz CT molecular complexity index is 776. The zero-order valence-electron chi connectivity index (χ0n) is 14.8. The van der Waals surface area contributed by atoms with E-state index >= 15 is 0 Å². The van der Waals surface area contributed by atoms with Crippen molar-refractivity contribution in [2.24, 2.45) is 5.92 Å². The molecule has 0 aromatic heterocycles. The molecule has 1 saturated heterocycles. The highest BCUT2D eigenvalue weighted by Crippen LogP contribution is 2.49. The fourth-order valence-corrected chi connectivity index (χ4v) is 4.73. The highest BCUT2D eigenvalue weighted by molar-refractivity contribution is 5.94. The van der Waals surface area contributed by atoms with Gasteiger partial charge in [-0.05, 0) is 49.1 Å². The Morgan fingerprint density at radius 2 is 1.77 bits per heavy atom. The summed E-state index contributed by atoms with van der Waals surface area (Å²) in [6, 6.07) is 15.4. The molecule has 2 aromatic carbocycles. The molecular weight excluding hydrogens is 329 g/mol. The van der Waals surface area contributed by atoms with Crippen LogP contribution in [0.25, 0.3) is 0 Å². The van der Waals surface area contributed by atoms with E-state index in [0.717, 1.165) is 31.2 Å². The van der Waals surface area contributed by atoms with Crippen LogP contribution in [0.2, 0.25) is 0 Å². The van der Waals surface area contributed by atoms with Gasteiger partial charge in [0.15, 0.2) is 0 Å². The van der Waals surface area contributed by atoms with E-state index in [9.17, 15) is 14.3 Å². The van der Waals surface area contributed by atoms with Crippen molar-refractivity contribution < 1.29 is 14.3 Å². The molecular formula is C22H24FNO2. The standard InChI is InChI=1S/C22H24FNO2/c23-18-11-9-16(10-12-18)20-19-8-4-5-13-22(19,26)14-15-24(20)21(25)17-6-2-1-3-7-17/h1-3,6-7,9-12,19-20,26H,4-5,8,13-15H2/t19-,20-,22+/m0/s1. The van der Waals surface area contributed by atoms with E-state index < -0.39 is 5.60 Å². The van der Waals surface area contributed by atoms with Crippen molar-refractivity contribution in [3.8, 4) is 0 Å². The molecule has 1 aliphatic carbocycles. The number of carbonyl (C=O) groups is 1. The number of nitrogens with zero attached hydrogens (tertiary/aromatic N) is 1. The second-order valence-electron chi connectivity index (χ2n) is 7.57. The number of amides is 1. The van der Waals surface area contributed by atoms with Gasteiger partial charge in [-0.3, -0.25) is 4.79 Å². The van der Waals surface area contributed by atoms with Crippen LogP contribution in [0.15, 0.2) is 54.6 Å². The number of hydrogen-bond acceptors (Lipinski definition) is 2. The molecule has 0 radical (unpaired) electrons. The summed E-state index contributed by atoms with van der Waals surface area (Å²) in [5.74, 6) is -0.319. The van der Waals surface area contributed by atoms with Gasteiger partial charge in [0, 0.05) is 18.0 Å². The van der Waals surface area contributed by atoms with Gasteiger partial charge in [-0.2, -0.15) is 0 Å². The van der Waals surface area contributed by atoms with Crippen molar-refractivity contribution in [2.75, 3.05) is 6.54 Å². The van der Waals surface area contributed by atoms with Crippen molar-refractivity contribution in [3.05, 3.63) is 71.5 Å². The van der Waals surface area contributed by atoms with Crippen LogP contribution in [0.5, 0.6) is 0 Å². The monoisotopic (exact) mass is 353 g/mol. The van der Waals surface area contributed by atoms with Crippen molar-refractivity contribution in [1.29, 1.82) is 0 Å². The minimum Gasteiger partial charge on any atom is -0.389 e. The van der Waals surface area contributed by atoms with Gasteiger partial charge in [-0.15, -0.1) is 0 Å². The van der Waals surface area contributed by atoms with Crippen molar-refractivity contribution >= 4 is 5.91 Å². The Morgan fingerprint density at radius 1 is 1.04 bits per heavy atom. The Balaban J connectivity index is 1.74. The van der Waals surface area contributed by atoms with Gasteiger partial charge in [0.25, 0.3) is 5.91 Å². The van der Waals surface area contributed by atoms with E-state index in [1.54, 1.807) is 12.1 Å². The van der Waals surface area contributed by atoms with Gasteiger partial charge in [-0.25, -0.2) is 4.39 Å². The van der Waals surface area contributed by atoms with Gasteiger partial charge in [0.2, 0.25) is 0 Å². The summed E-state index contributed by atoms with van der Waals surface area (Å²) in [4.78, 5) is 15.1. The molecule has 1 N–H and O–H groups in total. The number of hydrogen-bond donors (Lipinski definition) is 1. The molecule has 2 fully saturated rings. The highest BCUT2D eigenvalue weighted by atomic mass is 19.1.